The molecule has 4 aromatic heterocycles. The number of aliphatic hydroxyl groups excluding tert-OH is 2. The third-order valence-electron chi connectivity index (χ3n) is 6.39. The molecule has 0 aliphatic heterocycles. The zero-order valence-corrected chi connectivity index (χ0v) is 21.4. The number of nitrogens with zero attached hydrogens (tertiary/aromatic N) is 4. The number of thiophene rings is 1. The van der Waals surface area contributed by atoms with Crippen molar-refractivity contribution in [3.05, 3.63) is 45.5 Å². The van der Waals surface area contributed by atoms with E-state index in [0.29, 0.717) is 41.0 Å². The summed E-state index contributed by atoms with van der Waals surface area (Å²) in [7, 11) is 0. The van der Waals surface area contributed by atoms with Gasteiger partial charge in [-0.15, -0.1) is 22.7 Å². The van der Waals surface area contributed by atoms with Crippen LogP contribution >= 0.6 is 22.7 Å². The van der Waals surface area contributed by atoms with E-state index in [-0.39, 0.29) is 13.0 Å². The fourth-order valence-electron chi connectivity index (χ4n) is 4.55. The molecule has 0 saturated heterocycles. The van der Waals surface area contributed by atoms with Crippen LogP contribution in [0.25, 0.3) is 20.8 Å². The minimum Gasteiger partial charge on any atom is -0.396 e. The monoisotopic (exact) mass is 512 g/mol. The minimum absolute atomic E-state index is 0.196. The molecule has 0 spiro atoms. The van der Waals surface area contributed by atoms with Gasteiger partial charge in [-0.2, -0.15) is 4.98 Å². The summed E-state index contributed by atoms with van der Waals surface area (Å²) in [6.07, 6.45) is -0.361. The molecule has 5 N–H and O–H groups in total. The molecule has 184 valence electrons. The highest BCUT2D eigenvalue weighted by molar-refractivity contribution is 7.21. The van der Waals surface area contributed by atoms with E-state index in [1.807, 2.05) is 44.4 Å². The van der Waals surface area contributed by atoms with E-state index in [0.717, 1.165) is 26.5 Å². The fraction of sp³-hybridized carbons (Fsp3) is 0.417. The fourth-order valence-corrected chi connectivity index (χ4v) is 6.40. The zero-order chi connectivity index (χ0) is 24.7. The number of fused-ring (bicyclic) bond motifs is 1. The van der Waals surface area contributed by atoms with Crippen LogP contribution in [0.4, 0.5) is 11.8 Å². The van der Waals surface area contributed by atoms with Crippen molar-refractivity contribution in [2.24, 2.45) is 5.92 Å². The van der Waals surface area contributed by atoms with E-state index in [1.54, 1.807) is 11.3 Å². The second-order valence-corrected chi connectivity index (χ2v) is 11.0. The predicted molar refractivity (Wildman–Crippen MR) is 139 cm³/mol. The third-order valence-corrected chi connectivity index (χ3v) is 8.28. The maximum Gasteiger partial charge on any atom is 0.225 e. The van der Waals surface area contributed by atoms with Gasteiger partial charge in [0.05, 0.1) is 28.2 Å². The van der Waals surface area contributed by atoms with Crippen LogP contribution < -0.4 is 10.6 Å². The summed E-state index contributed by atoms with van der Waals surface area (Å²) < 4.78 is 1.01. The Hall–Kier alpha value is -2.70. The summed E-state index contributed by atoms with van der Waals surface area (Å²) in [5.41, 5.74) is 2.31. The Kier molecular flexibility index (Phi) is 6.45. The van der Waals surface area contributed by atoms with Crippen molar-refractivity contribution in [2.45, 2.75) is 52.0 Å². The molecule has 0 amide bonds. The van der Waals surface area contributed by atoms with Gasteiger partial charge >= 0.3 is 0 Å². The van der Waals surface area contributed by atoms with Crippen LogP contribution in [0.2, 0.25) is 0 Å². The van der Waals surface area contributed by atoms with Gasteiger partial charge in [0.15, 0.2) is 5.72 Å². The smallest absolute Gasteiger partial charge is 0.225 e. The number of pyridine rings is 1. The predicted octanol–water partition coefficient (Wildman–Crippen LogP) is 3.61. The molecule has 1 aliphatic rings. The molecule has 0 radical (unpaired) electrons. The van der Waals surface area contributed by atoms with Gasteiger partial charge in [-0.05, 0) is 51.1 Å². The standard InChI is InChI=1S/C24H28N6O3S2/c1-12-9-17-19(14(3)26-12)28-22(35-17)18-13(2)27-23(25-10-16-5-4-8-34-16)29-21(18)30-24(33)7-6-15(11-31)20(24)32/h4-5,8-9,15,20,31-33H,6-7,10-11H2,1-3H3,(H2,25,27,29,30). The van der Waals surface area contributed by atoms with Crippen LogP contribution in [-0.4, -0.2) is 53.7 Å². The van der Waals surface area contributed by atoms with Gasteiger partial charge in [0.2, 0.25) is 5.95 Å². The summed E-state index contributed by atoms with van der Waals surface area (Å²) in [6, 6.07) is 6.03. The lowest BCUT2D eigenvalue weighted by Gasteiger charge is -2.31. The van der Waals surface area contributed by atoms with Crippen LogP contribution in [0.3, 0.4) is 0 Å². The van der Waals surface area contributed by atoms with E-state index >= 15 is 0 Å². The van der Waals surface area contributed by atoms with Gasteiger partial charge in [-0.3, -0.25) is 4.98 Å². The molecule has 1 aliphatic carbocycles. The lowest BCUT2D eigenvalue weighted by Crippen LogP contribution is -2.48. The first-order valence-electron chi connectivity index (χ1n) is 11.5. The first-order valence-corrected chi connectivity index (χ1v) is 13.2. The zero-order valence-electron chi connectivity index (χ0n) is 19.7. The van der Waals surface area contributed by atoms with Crippen LogP contribution in [0, 0.1) is 26.7 Å². The van der Waals surface area contributed by atoms with E-state index in [1.165, 1.54) is 11.3 Å². The maximum absolute atomic E-state index is 11.3. The molecule has 4 heterocycles. The number of aromatic nitrogens is 4. The number of anilines is 2. The quantitative estimate of drug-likeness (QED) is 0.235. The summed E-state index contributed by atoms with van der Waals surface area (Å²) in [4.78, 5) is 19.9. The Labute approximate surface area is 211 Å². The second-order valence-electron chi connectivity index (χ2n) is 8.98. The Bertz CT molecular complexity index is 1360. The average molecular weight is 513 g/mol. The number of hydrogen-bond donors (Lipinski definition) is 5. The molecule has 0 aromatic carbocycles. The number of rotatable bonds is 7. The molecule has 35 heavy (non-hydrogen) atoms. The molecule has 4 aromatic rings. The minimum atomic E-state index is -1.63. The van der Waals surface area contributed by atoms with Crippen molar-refractivity contribution in [1.82, 2.24) is 19.9 Å². The molecule has 3 atom stereocenters. The molecule has 1 saturated carbocycles. The number of aliphatic hydroxyl groups is 3. The number of aryl methyl sites for hydroxylation is 3. The SMILES string of the molecule is Cc1cc2sc(-c3c(C)nc(NCc4cccs4)nc3NC3(O)CCC(CO)C3O)nc2c(C)n1. The molecule has 0 bridgehead atoms. The first kappa shape index (κ1) is 24.0. The summed E-state index contributed by atoms with van der Waals surface area (Å²) >= 11 is 3.15. The molecular weight excluding hydrogens is 484 g/mol. The Balaban J connectivity index is 1.58. The molecule has 5 rings (SSSR count). The number of thiazole rings is 1. The maximum atomic E-state index is 11.3. The Morgan fingerprint density at radius 3 is 2.69 bits per heavy atom. The third kappa shape index (κ3) is 4.62. The second kappa shape index (κ2) is 9.40. The highest BCUT2D eigenvalue weighted by atomic mass is 32.1. The number of nitrogens with one attached hydrogen (secondary N) is 2. The molecule has 11 heteroatoms. The highest BCUT2D eigenvalue weighted by Gasteiger charge is 2.47. The average Bonchev–Trinajstić information content (AvgIpc) is 3.53. The lowest BCUT2D eigenvalue weighted by molar-refractivity contribution is -0.0545. The van der Waals surface area contributed by atoms with Gasteiger partial charge in [-0.25, -0.2) is 9.97 Å². The van der Waals surface area contributed by atoms with E-state index in [2.05, 4.69) is 20.6 Å². The highest BCUT2D eigenvalue weighted by Crippen LogP contribution is 2.41. The largest absolute Gasteiger partial charge is 0.396 e. The van der Waals surface area contributed by atoms with E-state index < -0.39 is 17.7 Å². The molecular formula is C24H28N6O3S2. The topological polar surface area (TPSA) is 136 Å². The lowest BCUT2D eigenvalue weighted by atomic mass is 10.0. The van der Waals surface area contributed by atoms with Crippen LogP contribution in [-0.2, 0) is 6.54 Å². The van der Waals surface area contributed by atoms with E-state index in [4.69, 9.17) is 9.97 Å². The molecule has 9 nitrogen and oxygen atoms in total. The van der Waals surface area contributed by atoms with Crippen molar-refractivity contribution in [1.29, 1.82) is 0 Å². The van der Waals surface area contributed by atoms with Crippen molar-refractivity contribution < 1.29 is 15.3 Å². The van der Waals surface area contributed by atoms with E-state index in [9.17, 15) is 15.3 Å². The van der Waals surface area contributed by atoms with Crippen LogP contribution in [0.1, 0.15) is 34.8 Å². The van der Waals surface area contributed by atoms with Crippen molar-refractivity contribution >= 4 is 44.7 Å². The summed E-state index contributed by atoms with van der Waals surface area (Å²) in [6.45, 7) is 6.15. The van der Waals surface area contributed by atoms with Gasteiger partial charge < -0.3 is 26.0 Å². The number of hydrogen-bond acceptors (Lipinski definition) is 11. The van der Waals surface area contributed by atoms with Crippen molar-refractivity contribution in [2.75, 3.05) is 17.2 Å². The summed E-state index contributed by atoms with van der Waals surface area (Å²) in [5.74, 6) is 0.383. The van der Waals surface area contributed by atoms with Crippen LogP contribution in [0.15, 0.2) is 23.6 Å². The van der Waals surface area contributed by atoms with Crippen LogP contribution in [0.5, 0.6) is 0 Å². The normalized spacial score (nSPS) is 22.1. The summed E-state index contributed by atoms with van der Waals surface area (Å²) in [5, 5.41) is 40.7. The van der Waals surface area contributed by atoms with Crippen molar-refractivity contribution in [3.8, 4) is 10.6 Å². The van der Waals surface area contributed by atoms with Gasteiger partial charge in [-0.1, -0.05) is 6.07 Å². The van der Waals surface area contributed by atoms with Gasteiger partial charge in [0, 0.05) is 23.1 Å². The molecule has 1 fully saturated rings. The Morgan fingerprint density at radius 1 is 1.14 bits per heavy atom. The first-order chi connectivity index (χ1) is 16.8. The molecule has 3 unspecified atom stereocenters. The van der Waals surface area contributed by atoms with Gasteiger partial charge in [0.25, 0.3) is 0 Å². The van der Waals surface area contributed by atoms with Crippen molar-refractivity contribution in [3.63, 3.8) is 0 Å². The Morgan fingerprint density at radius 2 is 1.97 bits per heavy atom. The van der Waals surface area contributed by atoms with Gasteiger partial charge in [0.1, 0.15) is 22.4 Å².